The van der Waals surface area contributed by atoms with Gasteiger partial charge >= 0.3 is 0 Å². The molecule has 0 saturated carbocycles. The van der Waals surface area contributed by atoms with Gasteiger partial charge in [-0.3, -0.25) is 9.59 Å². The van der Waals surface area contributed by atoms with Crippen molar-refractivity contribution >= 4 is 59.4 Å². The Morgan fingerprint density at radius 1 is 0.677 bits per heavy atom. The van der Waals surface area contributed by atoms with Gasteiger partial charge in [0, 0.05) is 14.6 Å². The average Bonchev–Trinajstić information content (AvgIpc) is 2.71. The highest BCUT2D eigenvalue weighted by molar-refractivity contribution is 9.10. The van der Waals surface area contributed by atoms with Gasteiger partial charge in [-0.1, -0.05) is 56.1 Å². The smallest absolute Gasteiger partial charge is 0.264 e. The van der Waals surface area contributed by atoms with Crippen LogP contribution in [0.3, 0.4) is 0 Å². The molecule has 2 amide bonds. The van der Waals surface area contributed by atoms with Crippen LogP contribution in [0.5, 0.6) is 0 Å². The second-order valence-electron chi connectivity index (χ2n) is 6.71. The van der Waals surface area contributed by atoms with Crippen molar-refractivity contribution in [3.8, 4) is 0 Å². The van der Waals surface area contributed by atoms with Crippen molar-refractivity contribution in [1.82, 2.24) is 4.72 Å². The summed E-state index contributed by atoms with van der Waals surface area (Å²) in [5.74, 6) is -0.852. The Bertz CT molecular complexity index is 1180. The van der Waals surface area contributed by atoms with Crippen LogP contribution < -0.4 is 10.0 Å². The normalized spacial score (nSPS) is 11.0. The summed E-state index contributed by atoms with van der Waals surface area (Å²) >= 11 is 6.65. The summed E-state index contributed by atoms with van der Waals surface area (Å²) in [5.41, 5.74) is 2.01. The molecule has 0 atom stereocenters. The van der Waals surface area contributed by atoms with Gasteiger partial charge in [0.05, 0.1) is 17.7 Å². The zero-order valence-corrected chi connectivity index (χ0v) is 20.1. The standard InChI is InChI=1S/C22H18Br2N2O4S/c23-17-5-1-15(2-6-17)13-21(27)25-19-9-11-20(12-10-19)31(29,30)26-22(28)14-16-3-7-18(24)8-4-16/h1-12H,13-14H2,(H,25,27)(H,26,28). The Morgan fingerprint density at radius 2 is 1.13 bits per heavy atom. The summed E-state index contributed by atoms with van der Waals surface area (Å²) in [6, 6.07) is 20.1. The van der Waals surface area contributed by atoms with E-state index in [0.717, 1.165) is 14.5 Å². The van der Waals surface area contributed by atoms with Gasteiger partial charge in [-0.2, -0.15) is 0 Å². The molecule has 0 bridgehead atoms. The molecular formula is C22H18Br2N2O4S. The number of hydrogen-bond acceptors (Lipinski definition) is 4. The van der Waals surface area contributed by atoms with Crippen LogP contribution in [0.4, 0.5) is 5.69 Å². The quantitative estimate of drug-likeness (QED) is 0.443. The topological polar surface area (TPSA) is 92.3 Å². The lowest BCUT2D eigenvalue weighted by Gasteiger charge is -2.09. The van der Waals surface area contributed by atoms with Crippen molar-refractivity contribution < 1.29 is 18.0 Å². The van der Waals surface area contributed by atoms with Crippen molar-refractivity contribution in [2.24, 2.45) is 0 Å². The summed E-state index contributed by atoms with van der Waals surface area (Å²) < 4.78 is 28.8. The van der Waals surface area contributed by atoms with E-state index in [2.05, 4.69) is 41.9 Å². The number of carbonyl (C=O) groups is 2. The van der Waals surface area contributed by atoms with Crippen molar-refractivity contribution in [3.05, 3.63) is 92.9 Å². The molecule has 0 spiro atoms. The molecule has 0 aromatic heterocycles. The molecule has 6 nitrogen and oxygen atoms in total. The number of sulfonamides is 1. The Morgan fingerprint density at radius 3 is 1.61 bits per heavy atom. The van der Waals surface area contributed by atoms with Gasteiger partial charge in [0.25, 0.3) is 10.0 Å². The van der Waals surface area contributed by atoms with E-state index in [1.54, 1.807) is 24.3 Å². The number of carbonyl (C=O) groups excluding carboxylic acids is 2. The highest BCUT2D eigenvalue weighted by Gasteiger charge is 2.18. The van der Waals surface area contributed by atoms with Crippen LogP contribution in [0.1, 0.15) is 11.1 Å². The number of halogens is 2. The van der Waals surface area contributed by atoms with Crippen LogP contribution in [-0.2, 0) is 32.5 Å². The molecule has 160 valence electrons. The molecule has 3 aromatic rings. The molecule has 2 N–H and O–H groups in total. The number of benzene rings is 3. The minimum Gasteiger partial charge on any atom is -0.326 e. The minimum absolute atomic E-state index is 0.0588. The first-order chi connectivity index (χ1) is 14.7. The van der Waals surface area contributed by atoms with E-state index in [4.69, 9.17) is 0 Å². The predicted molar refractivity (Wildman–Crippen MR) is 126 cm³/mol. The van der Waals surface area contributed by atoms with Crippen LogP contribution in [0, 0.1) is 0 Å². The Balaban J connectivity index is 1.58. The lowest BCUT2D eigenvalue weighted by Crippen LogP contribution is -2.31. The third kappa shape index (κ3) is 7.02. The molecule has 0 radical (unpaired) electrons. The Kier molecular flexibility index (Phi) is 7.64. The van der Waals surface area contributed by atoms with E-state index in [0.29, 0.717) is 11.3 Å². The van der Waals surface area contributed by atoms with Gasteiger partial charge in [0.2, 0.25) is 11.8 Å². The third-order valence-corrected chi connectivity index (χ3v) is 6.70. The maximum absolute atomic E-state index is 12.5. The molecule has 3 rings (SSSR count). The number of anilines is 1. The summed E-state index contributed by atoms with van der Waals surface area (Å²) in [4.78, 5) is 24.3. The second kappa shape index (κ2) is 10.2. The van der Waals surface area contributed by atoms with Crippen molar-refractivity contribution in [2.45, 2.75) is 17.7 Å². The van der Waals surface area contributed by atoms with Gasteiger partial charge in [0.15, 0.2) is 0 Å². The fourth-order valence-electron chi connectivity index (χ4n) is 2.74. The van der Waals surface area contributed by atoms with Gasteiger partial charge in [0.1, 0.15) is 0 Å². The van der Waals surface area contributed by atoms with Crippen LogP contribution in [0.2, 0.25) is 0 Å². The van der Waals surface area contributed by atoms with E-state index < -0.39 is 15.9 Å². The average molecular weight is 566 g/mol. The molecule has 9 heteroatoms. The van der Waals surface area contributed by atoms with E-state index in [1.165, 1.54) is 24.3 Å². The van der Waals surface area contributed by atoms with E-state index >= 15 is 0 Å². The first kappa shape index (κ1) is 23.2. The fraction of sp³-hybridized carbons (Fsp3) is 0.0909. The van der Waals surface area contributed by atoms with Gasteiger partial charge < -0.3 is 5.32 Å². The molecule has 0 heterocycles. The Hall–Kier alpha value is -2.49. The van der Waals surface area contributed by atoms with Crippen molar-refractivity contribution in [2.75, 3.05) is 5.32 Å². The molecule has 0 aliphatic rings. The molecule has 31 heavy (non-hydrogen) atoms. The summed E-state index contributed by atoms with van der Waals surface area (Å²) in [6.45, 7) is 0. The largest absolute Gasteiger partial charge is 0.326 e. The molecule has 0 aliphatic carbocycles. The highest BCUT2D eigenvalue weighted by Crippen LogP contribution is 2.16. The number of hydrogen-bond donors (Lipinski definition) is 2. The summed E-state index contributed by atoms with van der Waals surface area (Å²) in [6.07, 6.45) is 0.135. The molecule has 0 saturated heterocycles. The van der Waals surface area contributed by atoms with Crippen molar-refractivity contribution in [1.29, 1.82) is 0 Å². The minimum atomic E-state index is -4.01. The molecule has 0 unspecified atom stereocenters. The Labute approximate surface area is 197 Å². The van der Waals surface area contributed by atoms with Crippen molar-refractivity contribution in [3.63, 3.8) is 0 Å². The number of rotatable bonds is 7. The maximum Gasteiger partial charge on any atom is 0.264 e. The predicted octanol–water partition coefficient (Wildman–Crippen LogP) is 4.44. The van der Waals surface area contributed by atoms with Gasteiger partial charge in [-0.05, 0) is 59.7 Å². The van der Waals surface area contributed by atoms with Crippen LogP contribution in [-0.4, -0.2) is 20.2 Å². The van der Waals surface area contributed by atoms with Crippen LogP contribution >= 0.6 is 31.9 Å². The third-order valence-electron chi connectivity index (χ3n) is 4.25. The lowest BCUT2D eigenvalue weighted by atomic mass is 10.1. The van der Waals surface area contributed by atoms with E-state index in [1.807, 2.05) is 24.3 Å². The first-order valence-corrected chi connectivity index (χ1v) is 12.2. The van der Waals surface area contributed by atoms with Crippen LogP contribution in [0.25, 0.3) is 0 Å². The lowest BCUT2D eigenvalue weighted by molar-refractivity contribution is -0.118. The second-order valence-corrected chi connectivity index (χ2v) is 10.2. The summed E-state index contributed by atoms with van der Waals surface area (Å²) in [7, 11) is -4.01. The van der Waals surface area contributed by atoms with E-state index in [9.17, 15) is 18.0 Å². The molecule has 0 fully saturated rings. The SMILES string of the molecule is O=C(Cc1ccc(Br)cc1)Nc1ccc(S(=O)(=O)NC(=O)Cc2ccc(Br)cc2)cc1. The zero-order valence-electron chi connectivity index (χ0n) is 16.1. The van der Waals surface area contributed by atoms with Crippen LogP contribution in [0.15, 0.2) is 86.6 Å². The molecular weight excluding hydrogens is 548 g/mol. The summed E-state index contributed by atoms with van der Waals surface area (Å²) in [5, 5.41) is 2.73. The van der Waals surface area contributed by atoms with Gasteiger partial charge in [-0.15, -0.1) is 0 Å². The zero-order chi connectivity index (χ0) is 22.4. The first-order valence-electron chi connectivity index (χ1n) is 9.16. The van der Waals surface area contributed by atoms with Gasteiger partial charge in [-0.25, -0.2) is 13.1 Å². The fourth-order valence-corrected chi connectivity index (χ4v) is 4.26. The maximum atomic E-state index is 12.5. The molecule has 3 aromatic carbocycles. The monoisotopic (exact) mass is 564 g/mol. The molecule has 0 aliphatic heterocycles. The number of nitrogens with one attached hydrogen (secondary N) is 2. The number of amides is 2. The van der Waals surface area contributed by atoms with E-state index in [-0.39, 0.29) is 23.6 Å². The highest BCUT2D eigenvalue weighted by atomic mass is 79.9.